The van der Waals surface area contributed by atoms with Gasteiger partial charge in [0.05, 0.1) is 5.75 Å². The molecular formula is C23H23N5OS. The fourth-order valence-electron chi connectivity index (χ4n) is 3.49. The Bertz CT molecular complexity index is 1170. The minimum absolute atomic E-state index is 0.0957. The summed E-state index contributed by atoms with van der Waals surface area (Å²) in [6, 6.07) is 16.1. The molecule has 3 heterocycles. The fourth-order valence-corrected chi connectivity index (χ4v) is 4.28. The molecule has 0 aliphatic carbocycles. The van der Waals surface area contributed by atoms with Gasteiger partial charge >= 0.3 is 0 Å². The zero-order valence-electron chi connectivity index (χ0n) is 17.2. The lowest BCUT2D eigenvalue weighted by molar-refractivity contribution is 0.102. The number of rotatable bonds is 7. The van der Waals surface area contributed by atoms with Gasteiger partial charge in [-0.1, -0.05) is 42.1 Å². The topological polar surface area (TPSA) is 65.6 Å². The van der Waals surface area contributed by atoms with Crippen molar-refractivity contribution in [3.8, 4) is 11.4 Å². The molecule has 152 valence electrons. The number of aromatic nitrogens is 5. The predicted molar refractivity (Wildman–Crippen MR) is 119 cm³/mol. The van der Waals surface area contributed by atoms with Gasteiger partial charge < -0.3 is 9.13 Å². The van der Waals surface area contributed by atoms with E-state index in [1.54, 1.807) is 12.4 Å². The predicted octanol–water partition coefficient (Wildman–Crippen LogP) is 4.32. The van der Waals surface area contributed by atoms with Crippen LogP contribution >= 0.6 is 11.8 Å². The Morgan fingerprint density at radius 3 is 2.60 bits per heavy atom. The summed E-state index contributed by atoms with van der Waals surface area (Å²) < 4.78 is 4.09. The zero-order chi connectivity index (χ0) is 21.1. The number of ketones is 1. The van der Waals surface area contributed by atoms with E-state index in [1.807, 2.05) is 61.9 Å². The normalized spacial score (nSPS) is 11.0. The number of carbonyl (C=O) groups excluding carboxylic acids is 1. The third-order valence-corrected chi connectivity index (χ3v) is 6.16. The first-order valence-electron chi connectivity index (χ1n) is 9.71. The molecule has 4 rings (SSSR count). The van der Waals surface area contributed by atoms with E-state index in [1.165, 1.54) is 17.3 Å². The molecule has 0 N–H and O–H groups in total. The quantitative estimate of drug-likeness (QED) is 0.331. The van der Waals surface area contributed by atoms with Crippen molar-refractivity contribution in [3.63, 3.8) is 0 Å². The van der Waals surface area contributed by atoms with Crippen molar-refractivity contribution in [2.75, 3.05) is 5.75 Å². The number of hydrogen-bond donors (Lipinski definition) is 0. The number of aryl methyl sites for hydroxylation is 1. The largest absolute Gasteiger partial charge is 0.344 e. The second-order valence-electron chi connectivity index (χ2n) is 7.18. The number of Topliss-reactive ketones (excluding diaryl/α,β-unsaturated/α-hetero) is 1. The molecule has 0 saturated carbocycles. The van der Waals surface area contributed by atoms with Gasteiger partial charge in [0.2, 0.25) is 0 Å². The molecule has 0 aliphatic rings. The van der Waals surface area contributed by atoms with Crippen LogP contribution in [0.15, 0.2) is 66.1 Å². The van der Waals surface area contributed by atoms with Crippen LogP contribution in [0.4, 0.5) is 0 Å². The van der Waals surface area contributed by atoms with Gasteiger partial charge in [-0.3, -0.25) is 9.78 Å². The maximum Gasteiger partial charge on any atom is 0.191 e. The second-order valence-corrected chi connectivity index (χ2v) is 8.12. The van der Waals surface area contributed by atoms with Crippen LogP contribution in [0.3, 0.4) is 0 Å². The van der Waals surface area contributed by atoms with E-state index >= 15 is 0 Å². The third-order valence-electron chi connectivity index (χ3n) is 5.14. The van der Waals surface area contributed by atoms with Gasteiger partial charge in [-0.2, -0.15) is 0 Å². The first kappa shape index (κ1) is 20.1. The number of benzene rings is 1. The van der Waals surface area contributed by atoms with Crippen molar-refractivity contribution in [3.05, 3.63) is 83.4 Å². The molecule has 0 saturated heterocycles. The lowest BCUT2D eigenvalue weighted by Gasteiger charge is -2.10. The van der Waals surface area contributed by atoms with Crippen LogP contribution in [-0.2, 0) is 13.6 Å². The fraction of sp³-hybridized carbons (Fsp3) is 0.217. The Morgan fingerprint density at radius 1 is 1.07 bits per heavy atom. The van der Waals surface area contributed by atoms with Crippen molar-refractivity contribution in [1.29, 1.82) is 0 Å². The summed E-state index contributed by atoms with van der Waals surface area (Å²) in [7, 11) is 1.90. The van der Waals surface area contributed by atoms with Crippen molar-refractivity contribution in [1.82, 2.24) is 24.3 Å². The van der Waals surface area contributed by atoms with E-state index in [0.717, 1.165) is 34.9 Å². The number of nitrogens with zero attached hydrogens (tertiary/aromatic N) is 5. The summed E-state index contributed by atoms with van der Waals surface area (Å²) in [6.07, 6.45) is 3.48. The lowest BCUT2D eigenvalue weighted by Crippen LogP contribution is -2.08. The first-order chi connectivity index (χ1) is 14.5. The van der Waals surface area contributed by atoms with Crippen molar-refractivity contribution < 1.29 is 4.79 Å². The van der Waals surface area contributed by atoms with Crippen molar-refractivity contribution >= 4 is 17.5 Å². The van der Waals surface area contributed by atoms with Crippen LogP contribution in [0.1, 0.15) is 27.3 Å². The molecule has 3 aromatic heterocycles. The van der Waals surface area contributed by atoms with E-state index < -0.39 is 0 Å². The van der Waals surface area contributed by atoms with Gasteiger partial charge in [0.1, 0.15) is 0 Å². The molecule has 0 fully saturated rings. The molecule has 0 aliphatic heterocycles. The van der Waals surface area contributed by atoms with Gasteiger partial charge in [-0.05, 0) is 37.6 Å². The van der Waals surface area contributed by atoms with Gasteiger partial charge in [-0.15, -0.1) is 10.2 Å². The molecule has 0 amide bonds. The summed E-state index contributed by atoms with van der Waals surface area (Å²) >= 11 is 1.40. The van der Waals surface area contributed by atoms with E-state index in [-0.39, 0.29) is 5.78 Å². The van der Waals surface area contributed by atoms with Crippen LogP contribution in [-0.4, -0.2) is 35.9 Å². The van der Waals surface area contributed by atoms with Crippen LogP contribution < -0.4 is 0 Å². The van der Waals surface area contributed by atoms with Crippen LogP contribution in [0.25, 0.3) is 11.4 Å². The Balaban J connectivity index is 1.48. The van der Waals surface area contributed by atoms with E-state index in [4.69, 9.17) is 0 Å². The maximum absolute atomic E-state index is 12.9. The number of carbonyl (C=O) groups is 1. The molecule has 4 aromatic rings. The van der Waals surface area contributed by atoms with Crippen molar-refractivity contribution in [2.45, 2.75) is 25.5 Å². The minimum atomic E-state index is 0.0957. The summed E-state index contributed by atoms with van der Waals surface area (Å²) in [5.74, 6) is 1.15. The van der Waals surface area contributed by atoms with Gasteiger partial charge in [0, 0.05) is 48.5 Å². The van der Waals surface area contributed by atoms with Gasteiger partial charge in [0.25, 0.3) is 0 Å². The van der Waals surface area contributed by atoms with Crippen LogP contribution in [0.5, 0.6) is 0 Å². The summed E-state index contributed by atoms with van der Waals surface area (Å²) in [4.78, 5) is 17.1. The lowest BCUT2D eigenvalue weighted by atomic mass is 10.2. The highest BCUT2D eigenvalue weighted by molar-refractivity contribution is 7.99. The molecule has 6 nitrogen and oxygen atoms in total. The molecule has 0 radical (unpaired) electrons. The standard InChI is InChI=1S/C23H23N5OS/c1-16-12-20(17(2)28(16)14-18-8-5-4-6-9-18)21(29)15-30-23-26-25-22(27(23)3)19-10-7-11-24-13-19/h4-13H,14-15H2,1-3H3. The third kappa shape index (κ3) is 4.07. The van der Waals surface area contributed by atoms with E-state index in [0.29, 0.717) is 10.9 Å². The highest BCUT2D eigenvalue weighted by atomic mass is 32.2. The molecule has 0 spiro atoms. The highest BCUT2D eigenvalue weighted by Gasteiger charge is 2.18. The minimum Gasteiger partial charge on any atom is -0.344 e. The monoisotopic (exact) mass is 417 g/mol. The van der Waals surface area contributed by atoms with E-state index in [2.05, 4.69) is 31.9 Å². The van der Waals surface area contributed by atoms with Gasteiger partial charge in [0.15, 0.2) is 16.8 Å². The van der Waals surface area contributed by atoms with Crippen LogP contribution in [0, 0.1) is 13.8 Å². The number of hydrogen-bond acceptors (Lipinski definition) is 5. The Labute approximate surface area is 180 Å². The summed E-state index contributed by atoms with van der Waals surface area (Å²) in [6.45, 7) is 4.82. The van der Waals surface area contributed by atoms with Gasteiger partial charge in [-0.25, -0.2) is 0 Å². The van der Waals surface area contributed by atoms with E-state index in [9.17, 15) is 4.79 Å². The highest BCUT2D eigenvalue weighted by Crippen LogP contribution is 2.24. The molecule has 0 atom stereocenters. The smallest absolute Gasteiger partial charge is 0.191 e. The molecule has 30 heavy (non-hydrogen) atoms. The molecular weight excluding hydrogens is 394 g/mol. The summed E-state index contributed by atoms with van der Waals surface area (Å²) in [5.41, 5.74) is 4.97. The molecule has 0 bridgehead atoms. The zero-order valence-corrected chi connectivity index (χ0v) is 18.1. The molecule has 0 unspecified atom stereocenters. The first-order valence-corrected chi connectivity index (χ1v) is 10.7. The Kier molecular flexibility index (Phi) is 5.81. The maximum atomic E-state index is 12.9. The Hall–Kier alpha value is -3.19. The summed E-state index contributed by atoms with van der Waals surface area (Å²) in [5, 5.41) is 9.21. The number of thioether (sulfide) groups is 1. The molecule has 1 aromatic carbocycles. The SMILES string of the molecule is Cc1cc(C(=O)CSc2nnc(-c3cccnc3)n2C)c(C)n1Cc1ccccc1. The Morgan fingerprint density at radius 2 is 1.87 bits per heavy atom. The molecule has 7 heteroatoms. The van der Waals surface area contributed by atoms with Crippen molar-refractivity contribution in [2.24, 2.45) is 7.05 Å². The van der Waals surface area contributed by atoms with Crippen LogP contribution in [0.2, 0.25) is 0 Å². The number of pyridine rings is 1. The average Bonchev–Trinajstić information content (AvgIpc) is 3.27. The second kappa shape index (κ2) is 8.67. The average molecular weight is 418 g/mol.